The highest BCUT2D eigenvalue weighted by Gasteiger charge is 2.26. The molecular formula is C17H20Cl2N4. The summed E-state index contributed by atoms with van der Waals surface area (Å²) in [5.74, 6) is 1.88. The van der Waals surface area contributed by atoms with E-state index in [0.717, 1.165) is 17.2 Å². The van der Waals surface area contributed by atoms with Gasteiger partial charge in [0, 0.05) is 22.5 Å². The number of hydrogen-bond acceptors (Lipinski definition) is 4. The van der Waals surface area contributed by atoms with Crippen LogP contribution >= 0.6 is 23.2 Å². The highest BCUT2D eigenvalue weighted by molar-refractivity contribution is 6.35. The van der Waals surface area contributed by atoms with Crippen LogP contribution in [0.15, 0.2) is 24.3 Å². The minimum absolute atomic E-state index is 0.104. The van der Waals surface area contributed by atoms with Crippen molar-refractivity contribution in [3.63, 3.8) is 0 Å². The standard InChI is InChI=1S/C17H20Cl2N4/c1-17(2,3)23-16-21-13(10-4-5-10)9-15(22-16)20-14-8-11(18)6-7-12(14)19/h6-10H,4-5H2,1-3H3,(H2,20,21,22,23). The van der Waals surface area contributed by atoms with Crippen LogP contribution in [0.4, 0.5) is 17.5 Å². The molecule has 0 unspecified atom stereocenters. The van der Waals surface area contributed by atoms with Crippen molar-refractivity contribution in [1.29, 1.82) is 0 Å². The van der Waals surface area contributed by atoms with Crippen molar-refractivity contribution in [2.75, 3.05) is 10.6 Å². The summed E-state index contributed by atoms with van der Waals surface area (Å²) in [5.41, 5.74) is 1.70. The van der Waals surface area contributed by atoms with E-state index in [1.807, 2.05) is 6.07 Å². The lowest BCUT2D eigenvalue weighted by Gasteiger charge is -2.21. The summed E-state index contributed by atoms with van der Waals surface area (Å²) < 4.78 is 0. The topological polar surface area (TPSA) is 49.8 Å². The Morgan fingerprint density at radius 3 is 2.48 bits per heavy atom. The van der Waals surface area contributed by atoms with Crippen LogP contribution in [-0.2, 0) is 0 Å². The molecule has 1 aliphatic carbocycles. The average Bonchev–Trinajstić information content (AvgIpc) is 3.25. The molecule has 1 aromatic carbocycles. The van der Waals surface area contributed by atoms with Crippen LogP contribution < -0.4 is 10.6 Å². The molecular weight excluding hydrogens is 331 g/mol. The van der Waals surface area contributed by atoms with Gasteiger partial charge in [-0.25, -0.2) is 4.98 Å². The first-order chi connectivity index (χ1) is 10.8. The van der Waals surface area contributed by atoms with Crippen molar-refractivity contribution in [1.82, 2.24) is 9.97 Å². The quantitative estimate of drug-likeness (QED) is 0.751. The number of rotatable bonds is 4. The summed E-state index contributed by atoms with van der Waals surface area (Å²) in [4.78, 5) is 9.20. The summed E-state index contributed by atoms with van der Waals surface area (Å²) in [7, 11) is 0. The van der Waals surface area contributed by atoms with Crippen molar-refractivity contribution in [2.24, 2.45) is 0 Å². The van der Waals surface area contributed by atoms with E-state index in [9.17, 15) is 0 Å². The fourth-order valence-electron chi connectivity index (χ4n) is 2.24. The molecule has 0 bridgehead atoms. The van der Waals surface area contributed by atoms with E-state index >= 15 is 0 Å². The predicted octanol–water partition coefficient (Wildman–Crippen LogP) is 5.61. The number of halogens is 2. The monoisotopic (exact) mass is 350 g/mol. The van der Waals surface area contributed by atoms with E-state index in [1.165, 1.54) is 12.8 Å². The molecule has 0 spiro atoms. The number of nitrogens with zero attached hydrogens (tertiary/aromatic N) is 2. The Hall–Kier alpha value is -1.52. The molecule has 1 fully saturated rings. The van der Waals surface area contributed by atoms with E-state index < -0.39 is 0 Å². The molecule has 4 nitrogen and oxygen atoms in total. The molecule has 1 heterocycles. The number of anilines is 3. The molecule has 0 amide bonds. The van der Waals surface area contributed by atoms with E-state index in [1.54, 1.807) is 18.2 Å². The van der Waals surface area contributed by atoms with Crippen LogP contribution in [0.5, 0.6) is 0 Å². The number of hydrogen-bond donors (Lipinski definition) is 2. The van der Waals surface area contributed by atoms with Crippen LogP contribution in [0.25, 0.3) is 0 Å². The van der Waals surface area contributed by atoms with E-state index in [-0.39, 0.29) is 5.54 Å². The van der Waals surface area contributed by atoms with Crippen molar-refractivity contribution in [3.05, 3.63) is 40.0 Å². The van der Waals surface area contributed by atoms with E-state index in [4.69, 9.17) is 23.2 Å². The Morgan fingerprint density at radius 2 is 1.83 bits per heavy atom. The Bertz CT molecular complexity index is 721. The third-order valence-electron chi connectivity index (χ3n) is 3.42. The maximum absolute atomic E-state index is 6.23. The molecule has 1 saturated carbocycles. The second-order valence-corrected chi connectivity index (χ2v) is 7.74. The zero-order valence-corrected chi connectivity index (χ0v) is 15.0. The first-order valence-corrected chi connectivity index (χ1v) is 8.45. The minimum atomic E-state index is -0.104. The van der Waals surface area contributed by atoms with Crippen LogP contribution in [0, 0.1) is 0 Å². The van der Waals surface area contributed by atoms with Crippen molar-refractivity contribution in [3.8, 4) is 0 Å². The number of aromatic nitrogens is 2. The molecule has 2 aromatic rings. The van der Waals surface area contributed by atoms with Gasteiger partial charge >= 0.3 is 0 Å². The molecule has 0 atom stereocenters. The highest BCUT2D eigenvalue weighted by atomic mass is 35.5. The lowest BCUT2D eigenvalue weighted by Crippen LogP contribution is -2.27. The third-order valence-corrected chi connectivity index (χ3v) is 3.98. The molecule has 0 saturated heterocycles. The summed E-state index contributed by atoms with van der Waals surface area (Å²) in [6.45, 7) is 6.25. The molecule has 23 heavy (non-hydrogen) atoms. The molecule has 1 aromatic heterocycles. The summed E-state index contributed by atoms with van der Waals surface area (Å²) in [6, 6.07) is 7.31. The minimum Gasteiger partial charge on any atom is -0.350 e. The highest BCUT2D eigenvalue weighted by Crippen LogP contribution is 2.40. The summed E-state index contributed by atoms with van der Waals surface area (Å²) in [5, 5.41) is 7.82. The van der Waals surface area contributed by atoms with Crippen LogP contribution in [0.1, 0.15) is 45.2 Å². The molecule has 2 N–H and O–H groups in total. The van der Waals surface area contributed by atoms with Gasteiger partial charge < -0.3 is 10.6 Å². The summed E-state index contributed by atoms with van der Waals surface area (Å²) in [6.07, 6.45) is 2.37. The lowest BCUT2D eigenvalue weighted by molar-refractivity contribution is 0.625. The zero-order chi connectivity index (χ0) is 16.6. The Balaban J connectivity index is 1.92. The van der Waals surface area contributed by atoms with Gasteiger partial charge in [-0.05, 0) is 51.8 Å². The van der Waals surface area contributed by atoms with Crippen LogP contribution in [0.2, 0.25) is 10.0 Å². The molecule has 6 heteroatoms. The van der Waals surface area contributed by atoms with Crippen molar-refractivity contribution < 1.29 is 0 Å². The number of nitrogens with one attached hydrogen (secondary N) is 2. The fraction of sp³-hybridized carbons (Fsp3) is 0.412. The third kappa shape index (κ3) is 4.49. The molecule has 0 radical (unpaired) electrons. The van der Waals surface area contributed by atoms with Gasteiger partial charge in [0.05, 0.1) is 16.4 Å². The first-order valence-electron chi connectivity index (χ1n) is 7.69. The molecule has 122 valence electrons. The van der Waals surface area contributed by atoms with Gasteiger partial charge in [0.1, 0.15) is 5.82 Å². The van der Waals surface area contributed by atoms with Gasteiger partial charge in [0.2, 0.25) is 5.95 Å². The largest absolute Gasteiger partial charge is 0.350 e. The van der Waals surface area contributed by atoms with E-state index in [0.29, 0.717) is 21.9 Å². The lowest BCUT2D eigenvalue weighted by atomic mass is 10.1. The van der Waals surface area contributed by atoms with Crippen LogP contribution in [0.3, 0.4) is 0 Å². The Labute approximate surface area is 146 Å². The molecule has 3 rings (SSSR count). The van der Waals surface area contributed by atoms with Gasteiger partial charge in [-0.15, -0.1) is 0 Å². The SMILES string of the molecule is CC(C)(C)Nc1nc(Nc2cc(Cl)ccc2Cl)cc(C2CC2)n1. The van der Waals surface area contributed by atoms with Gasteiger partial charge in [0.25, 0.3) is 0 Å². The Morgan fingerprint density at radius 1 is 1.09 bits per heavy atom. The number of benzene rings is 1. The van der Waals surface area contributed by atoms with Gasteiger partial charge in [-0.2, -0.15) is 4.98 Å². The Kier molecular flexibility index (Phi) is 4.39. The smallest absolute Gasteiger partial charge is 0.225 e. The van der Waals surface area contributed by atoms with Gasteiger partial charge in [-0.1, -0.05) is 23.2 Å². The second kappa shape index (κ2) is 6.17. The predicted molar refractivity (Wildman–Crippen MR) is 97.1 cm³/mol. The second-order valence-electron chi connectivity index (χ2n) is 6.90. The fourth-order valence-corrected chi connectivity index (χ4v) is 2.58. The van der Waals surface area contributed by atoms with Crippen molar-refractivity contribution >= 4 is 40.7 Å². The average molecular weight is 351 g/mol. The van der Waals surface area contributed by atoms with E-state index in [2.05, 4.69) is 41.4 Å². The maximum Gasteiger partial charge on any atom is 0.225 e. The van der Waals surface area contributed by atoms with Gasteiger partial charge in [-0.3, -0.25) is 0 Å². The summed E-state index contributed by atoms with van der Waals surface area (Å²) >= 11 is 12.3. The van der Waals surface area contributed by atoms with Crippen molar-refractivity contribution in [2.45, 2.75) is 45.1 Å². The maximum atomic E-state index is 6.23. The van der Waals surface area contributed by atoms with Gasteiger partial charge in [0.15, 0.2) is 0 Å². The van der Waals surface area contributed by atoms with Crippen LogP contribution in [-0.4, -0.2) is 15.5 Å². The first kappa shape index (κ1) is 16.3. The molecule has 0 aliphatic heterocycles. The zero-order valence-electron chi connectivity index (χ0n) is 13.5. The molecule has 1 aliphatic rings. The normalized spacial score (nSPS) is 14.7.